The maximum atomic E-state index is 12.5. The van der Waals surface area contributed by atoms with Crippen molar-refractivity contribution < 1.29 is 18.7 Å². The van der Waals surface area contributed by atoms with E-state index in [2.05, 4.69) is 17.0 Å². The molecule has 2 aliphatic heterocycles. The summed E-state index contributed by atoms with van der Waals surface area (Å²) in [4.78, 5) is 16.7. The Morgan fingerprint density at radius 1 is 1.11 bits per heavy atom. The summed E-state index contributed by atoms with van der Waals surface area (Å²) in [5, 5.41) is 0. The van der Waals surface area contributed by atoms with Crippen LogP contribution in [-0.2, 0) is 11.3 Å². The Kier molecular flexibility index (Phi) is 6.29. The molecular formula is C22H28N2O4. The number of hydrogen-bond acceptors (Lipinski definition) is 5. The zero-order chi connectivity index (χ0) is 19.2. The number of carbonyl (C=O) groups excluding carboxylic acids is 1. The number of furan rings is 1. The summed E-state index contributed by atoms with van der Waals surface area (Å²) in [5.41, 5.74) is 1.29. The first-order chi connectivity index (χ1) is 13.8. The van der Waals surface area contributed by atoms with Crippen LogP contribution in [0.4, 0.5) is 0 Å². The molecule has 150 valence electrons. The molecule has 0 saturated carbocycles. The van der Waals surface area contributed by atoms with Gasteiger partial charge in [0.1, 0.15) is 5.75 Å². The normalized spacial score (nSPS) is 20.9. The highest BCUT2D eigenvalue weighted by Crippen LogP contribution is 2.21. The third-order valence-corrected chi connectivity index (χ3v) is 5.46. The second-order valence-corrected chi connectivity index (χ2v) is 7.58. The molecule has 6 heteroatoms. The second-order valence-electron chi connectivity index (χ2n) is 7.58. The number of likely N-dealkylation sites (tertiary alicyclic amines) is 1. The van der Waals surface area contributed by atoms with Gasteiger partial charge in [-0.2, -0.15) is 0 Å². The van der Waals surface area contributed by atoms with E-state index < -0.39 is 0 Å². The van der Waals surface area contributed by atoms with Crippen LogP contribution in [0.5, 0.6) is 5.75 Å². The Hall–Kier alpha value is -2.31. The number of benzene rings is 1. The SMILES string of the molecule is O=C(c1ccco1)N1CCCC(COc2ccc(CN3CCOCC3)cc2)C1. The first-order valence-electron chi connectivity index (χ1n) is 10.1. The van der Waals surface area contributed by atoms with E-state index in [9.17, 15) is 4.79 Å². The molecule has 2 aliphatic rings. The fourth-order valence-electron chi connectivity index (χ4n) is 3.86. The maximum absolute atomic E-state index is 12.5. The quantitative estimate of drug-likeness (QED) is 0.766. The molecule has 0 aliphatic carbocycles. The van der Waals surface area contributed by atoms with Gasteiger partial charge in [-0.15, -0.1) is 0 Å². The fraction of sp³-hybridized carbons (Fsp3) is 0.500. The summed E-state index contributed by atoms with van der Waals surface area (Å²) >= 11 is 0. The van der Waals surface area contributed by atoms with Crippen molar-refractivity contribution in [2.45, 2.75) is 19.4 Å². The van der Waals surface area contributed by atoms with Crippen molar-refractivity contribution >= 4 is 5.91 Å². The molecule has 0 N–H and O–H groups in total. The maximum Gasteiger partial charge on any atom is 0.289 e. The van der Waals surface area contributed by atoms with Crippen molar-refractivity contribution in [2.24, 2.45) is 5.92 Å². The van der Waals surface area contributed by atoms with Crippen LogP contribution in [0, 0.1) is 5.92 Å². The summed E-state index contributed by atoms with van der Waals surface area (Å²) in [6, 6.07) is 11.8. The topological polar surface area (TPSA) is 55.2 Å². The van der Waals surface area contributed by atoms with Crippen molar-refractivity contribution in [3.8, 4) is 5.75 Å². The van der Waals surface area contributed by atoms with Crippen LogP contribution in [0.15, 0.2) is 47.1 Å². The van der Waals surface area contributed by atoms with E-state index in [0.29, 0.717) is 24.8 Å². The monoisotopic (exact) mass is 384 g/mol. The lowest BCUT2D eigenvalue weighted by atomic mass is 9.98. The van der Waals surface area contributed by atoms with Crippen LogP contribution in [-0.4, -0.2) is 61.7 Å². The van der Waals surface area contributed by atoms with Crippen molar-refractivity contribution in [1.29, 1.82) is 0 Å². The summed E-state index contributed by atoms with van der Waals surface area (Å²) in [7, 11) is 0. The van der Waals surface area contributed by atoms with Crippen molar-refractivity contribution in [2.75, 3.05) is 46.0 Å². The molecule has 1 atom stereocenters. The highest BCUT2D eigenvalue weighted by Gasteiger charge is 2.26. The van der Waals surface area contributed by atoms with E-state index >= 15 is 0 Å². The van der Waals surface area contributed by atoms with E-state index in [4.69, 9.17) is 13.9 Å². The van der Waals surface area contributed by atoms with Gasteiger partial charge >= 0.3 is 0 Å². The van der Waals surface area contributed by atoms with Gasteiger partial charge in [-0.1, -0.05) is 12.1 Å². The molecule has 1 aromatic heterocycles. The Labute approximate surface area is 166 Å². The first kappa shape index (κ1) is 19.0. The minimum Gasteiger partial charge on any atom is -0.493 e. The number of nitrogens with zero attached hydrogens (tertiary/aromatic N) is 2. The average Bonchev–Trinajstić information content (AvgIpc) is 3.29. The lowest BCUT2D eigenvalue weighted by Gasteiger charge is -2.32. The zero-order valence-corrected chi connectivity index (χ0v) is 16.2. The minimum atomic E-state index is -0.0258. The predicted molar refractivity (Wildman–Crippen MR) is 105 cm³/mol. The van der Waals surface area contributed by atoms with E-state index in [1.807, 2.05) is 17.0 Å². The highest BCUT2D eigenvalue weighted by atomic mass is 16.5. The number of amides is 1. The Bertz CT molecular complexity index is 738. The first-order valence-corrected chi connectivity index (χ1v) is 10.1. The van der Waals surface area contributed by atoms with Gasteiger partial charge in [0.2, 0.25) is 0 Å². The summed E-state index contributed by atoms with van der Waals surface area (Å²) < 4.78 is 16.7. The number of ether oxygens (including phenoxy) is 2. The predicted octanol–water partition coefficient (Wildman–Crippen LogP) is 3.04. The van der Waals surface area contributed by atoms with Gasteiger partial charge in [-0.05, 0) is 42.7 Å². The van der Waals surface area contributed by atoms with Crippen molar-refractivity contribution in [3.05, 3.63) is 54.0 Å². The second kappa shape index (κ2) is 9.26. The van der Waals surface area contributed by atoms with Crippen LogP contribution >= 0.6 is 0 Å². The highest BCUT2D eigenvalue weighted by molar-refractivity contribution is 5.91. The summed E-state index contributed by atoms with van der Waals surface area (Å²) in [6.07, 6.45) is 3.62. The summed E-state index contributed by atoms with van der Waals surface area (Å²) in [5.74, 6) is 1.63. The molecule has 0 radical (unpaired) electrons. The number of carbonyl (C=O) groups is 1. The van der Waals surface area contributed by atoms with Crippen molar-refractivity contribution in [1.82, 2.24) is 9.80 Å². The molecular weight excluding hydrogens is 356 g/mol. The number of piperidine rings is 1. The Balaban J connectivity index is 1.25. The molecule has 4 rings (SSSR count). The molecule has 1 aromatic carbocycles. The molecule has 3 heterocycles. The minimum absolute atomic E-state index is 0.0258. The molecule has 1 amide bonds. The van der Waals surface area contributed by atoms with Gasteiger partial charge in [0.25, 0.3) is 5.91 Å². The fourth-order valence-corrected chi connectivity index (χ4v) is 3.86. The van der Waals surface area contributed by atoms with E-state index in [1.165, 1.54) is 5.56 Å². The van der Waals surface area contributed by atoms with Crippen LogP contribution in [0.3, 0.4) is 0 Å². The average molecular weight is 384 g/mol. The number of hydrogen-bond donors (Lipinski definition) is 0. The van der Waals surface area contributed by atoms with Gasteiger partial charge in [0, 0.05) is 38.6 Å². The van der Waals surface area contributed by atoms with Crippen molar-refractivity contribution in [3.63, 3.8) is 0 Å². The largest absolute Gasteiger partial charge is 0.493 e. The smallest absolute Gasteiger partial charge is 0.289 e. The lowest BCUT2D eigenvalue weighted by Crippen LogP contribution is -2.41. The Morgan fingerprint density at radius 3 is 2.68 bits per heavy atom. The standard InChI is InChI=1S/C22H28N2O4/c25-22(21-4-2-12-27-21)24-9-1-3-19(16-24)17-28-20-7-5-18(6-8-20)15-23-10-13-26-14-11-23/h2,4-8,12,19H,1,3,9-11,13-17H2. The van der Waals surface area contributed by atoms with E-state index in [0.717, 1.165) is 58.0 Å². The van der Waals surface area contributed by atoms with Gasteiger partial charge in [0.05, 0.1) is 26.1 Å². The van der Waals surface area contributed by atoms with E-state index in [1.54, 1.807) is 18.4 Å². The number of morpholine rings is 1. The van der Waals surface area contributed by atoms with Gasteiger partial charge in [-0.25, -0.2) is 0 Å². The van der Waals surface area contributed by atoms with Crippen LogP contribution in [0.25, 0.3) is 0 Å². The third-order valence-electron chi connectivity index (χ3n) is 5.46. The molecule has 1 unspecified atom stereocenters. The van der Waals surface area contributed by atoms with Gasteiger partial charge in [-0.3, -0.25) is 9.69 Å². The van der Waals surface area contributed by atoms with Crippen LogP contribution < -0.4 is 4.74 Å². The van der Waals surface area contributed by atoms with Gasteiger partial charge < -0.3 is 18.8 Å². The van der Waals surface area contributed by atoms with E-state index in [-0.39, 0.29) is 5.91 Å². The molecule has 28 heavy (non-hydrogen) atoms. The number of rotatable bonds is 6. The molecule has 6 nitrogen and oxygen atoms in total. The van der Waals surface area contributed by atoms with Crippen LogP contribution in [0.2, 0.25) is 0 Å². The molecule has 2 aromatic rings. The van der Waals surface area contributed by atoms with Crippen LogP contribution in [0.1, 0.15) is 29.0 Å². The molecule has 2 fully saturated rings. The lowest BCUT2D eigenvalue weighted by molar-refractivity contribution is 0.0342. The zero-order valence-electron chi connectivity index (χ0n) is 16.2. The molecule has 0 spiro atoms. The summed E-state index contributed by atoms with van der Waals surface area (Å²) in [6.45, 7) is 6.71. The third kappa shape index (κ3) is 4.94. The molecule has 2 saturated heterocycles. The van der Waals surface area contributed by atoms with Gasteiger partial charge in [0.15, 0.2) is 5.76 Å². The molecule has 0 bridgehead atoms. The Morgan fingerprint density at radius 2 is 1.93 bits per heavy atom.